The van der Waals surface area contributed by atoms with Crippen LogP contribution in [0.15, 0.2) is 24.3 Å². The molecule has 0 atom stereocenters. The molecular formula is C20H25N3. The second-order valence-electron chi connectivity index (χ2n) is 6.52. The molecule has 2 aromatic rings. The molecule has 1 aliphatic rings. The molecule has 0 spiro atoms. The quantitative estimate of drug-likeness (QED) is 0.603. The Kier molecular flexibility index (Phi) is 4.46. The number of hydrogen-bond donors (Lipinski definition) is 1. The van der Waals surface area contributed by atoms with E-state index in [0.717, 1.165) is 22.6 Å². The zero-order valence-corrected chi connectivity index (χ0v) is 14.3. The van der Waals surface area contributed by atoms with Crippen molar-refractivity contribution in [3.8, 4) is 11.3 Å². The minimum absolute atomic E-state index is 0.615. The second-order valence-corrected chi connectivity index (χ2v) is 6.52. The highest BCUT2D eigenvalue weighted by Crippen LogP contribution is 2.35. The van der Waals surface area contributed by atoms with Crippen molar-refractivity contribution in [2.45, 2.75) is 52.4 Å². The Labute approximate surface area is 138 Å². The van der Waals surface area contributed by atoms with E-state index < -0.39 is 0 Å². The molecule has 1 N–H and O–H groups in total. The monoisotopic (exact) mass is 307 g/mol. The summed E-state index contributed by atoms with van der Waals surface area (Å²) >= 11 is 0. The Morgan fingerprint density at radius 2 is 1.91 bits per heavy atom. The number of aryl methyl sites for hydroxylation is 2. The van der Waals surface area contributed by atoms with E-state index in [9.17, 15) is 0 Å². The van der Waals surface area contributed by atoms with Crippen LogP contribution < -0.4 is 0 Å². The highest BCUT2D eigenvalue weighted by molar-refractivity contribution is 5.78. The summed E-state index contributed by atoms with van der Waals surface area (Å²) in [6, 6.07) is 6.55. The van der Waals surface area contributed by atoms with Gasteiger partial charge in [-0.2, -0.15) is 0 Å². The van der Waals surface area contributed by atoms with Crippen molar-refractivity contribution in [1.82, 2.24) is 9.55 Å². The smallest absolute Gasteiger partial charge is 0.0905 e. The largest absolute Gasteiger partial charge is 0.305 e. The van der Waals surface area contributed by atoms with Crippen LogP contribution >= 0.6 is 0 Å². The van der Waals surface area contributed by atoms with Gasteiger partial charge in [0.05, 0.1) is 17.7 Å². The van der Waals surface area contributed by atoms with Crippen molar-refractivity contribution in [1.29, 1.82) is 5.41 Å². The highest BCUT2D eigenvalue weighted by Gasteiger charge is 2.20. The standard InChI is InChI=1S/C20H25N3/c1-4-7-20-17(12-15(3)23(20)13-21)19-11-14(2)10-18(22-19)16-8-5-6-9-16/h4,7,10-13,16,21H,5-6,8-9H2,1-3H3/b7-4+,21-13?. The maximum absolute atomic E-state index is 7.68. The first-order chi connectivity index (χ1) is 11.1. The number of rotatable bonds is 4. The van der Waals surface area contributed by atoms with Crippen LogP contribution in [0.1, 0.15) is 61.2 Å². The van der Waals surface area contributed by atoms with Gasteiger partial charge in [-0.25, -0.2) is 0 Å². The van der Waals surface area contributed by atoms with E-state index in [1.165, 1.54) is 43.3 Å². The van der Waals surface area contributed by atoms with Crippen LogP contribution in [-0.4, -0.2) is 15.9 Å². The summed E-state index contributed by atoms with van der Waals surface area (Å²) in [5, 5.41) is 7.68. The fourth-order valence-electron chi connectivity index (χ4n) is 3.64. The molecule has 0 saturated heterocycles. The first-order valence-corrected chi connectivity index (χ1v) is 8.48. The van der Waals surface area contributed by atoms with Crippen LogP contribution in [-0.2, 0) is 0 Å². The summed E-state index contributed by atoms with van der Waals surface area (Å²) in [7, 11) is 0. The maximum Gasteiger partial charge on any atom is 0.0905 e. The van der Waals surface area contributed by atoms with E-state index in [1.54, 1.807) is 0 Å². The van der Waals surface area contributed by atoms with E-state index in [0.29, 0.717) is 5.92 Å². The van der Waals surface area contributed by atoms with Gasteiger partial charge in [-0.05, 0) is 63.5 Å². The number of pyridine rings is 1. The molecule has 1 saturated carbocycles. The number of allylic oxidation sites excluding steroid dienone is 1. The van der Waals surface area contributed by atoms with Crippen molar-refractivity contribution in [2.75, 3.05) is 0 Å². The third-order valence-electron chi connectivity index (χ3n) is 4.76. The number of aromatic nitrogens is 2. The lowest BCUT2D eigenvalue weighted by atomic mass is 10.00. The molecule has 1 fully saturated rings. The van der Waals surface area contributed by atoms with Gasteiger partial charge in [0.1, 0.15) is 0 Å². The molecule has 0 radical (unpaired) electrons. The molecule has 0 bridgehead atoms. The summed E-state index contributed by atoms with van der Waals surface area (Å²) in [6.07, 6.45) is 10.6. The van der Waals surface area contributed by atoms with Crippen LogP contribution in [0.2, 0.25) is 0 Å². The fourth-order valence-corrected chi connectivity index (χ4v) is 3.64. The molecule has 2 aromatic heterocycles. The normalized spacial score (nSPS) is 15.6. The Morgan fingerprint density at radius 1 is 1.17 bits per heavy atom. The molecule has 3 heteroatoms. The summed E-state index contributed by atoms with van der Waals surface area (Å²) in [5.41, 5.74) is 6.76. The average molecular weight is 307 g/mol. The molecule has 1 aliphatic carbocycles. The van der Waals surface area contributed by atoms with Crippen molar-refractivity contribution in [3.63, 3.8) is 0 Å². The average Bonchev–Trinajstić information content (AvgIpc) is 3.15. The van der Waals surface area contributed by atoms with Crippen LogP contribution in [0.5, 0.6) is 0 Å². The van der Waals surface area contributed by atoms with Gasteiger partial charge in [0.2, 0.25) is 0 Å². The molecule has 0 amide bonds. The van der Waals surface area contributed by atoms with E-state index >= 15 is 0 Å². The van der Waals surface area contributed by atoms with Crippen LogP contribution in [0.3, 0.4) is 0 Å². The van der Waals surface area contributed by atoms with Crippen LogP contribution in [0.4, 0.5) is 0 Å². The molecule has 0 unspecified atom stereocenters. The van der Waals surface area contributed by atoms with Crippen molar-refractivity contribution < 1.29 is 0 Å². The van der Waals surface area contributed by atoms with Crippen molar-refractivity contribution in [3.05, 3.63) is 46.9 Å². The van der Waals surface area contributed by atoms with Gasteiger partial charge >= 0.3 is 0 Å². The molecule has 3 rings (SSSR count). The van der Waals surface area contributed by atoms with Gasteiger partial charge in [0.25, 0.3) is 0 Å². The lowest BCUT2D eigenvalue weighted by molar-refractivity contribution is 0.697. The topological polar surface area (TPSA) is 41.7 Å². The summed E-state index contributed by atoms with van der Waals surface area (Å²) < 4.78 is 1.91. The lowest BCUT2D eigenvalue weighted by Gasteiger charge is -2.12. The molecule has 3 nitrogen and oxygen atoms in total. The molecule has 0 aliphatic heterocycles. The molecule has 2 heterocycles. The third kappa shape index (κ3) is 3.00. The Bertz CT molecular complexity index is 746. The van der Waals surface area contributed by atoms with Gasteiger partial charge in [-0.3, -0.25) is 10.4 Å². The van der Waals surface area contributed by atoms with Crippen molar-refractivity contribution >= 4 is 12.4 Å². The Hall–Kier alpha value is -2.16. The second kappa shape index (κ2) is 6.53. The van der Waals surface area contributed by atoms with Gasteiger partial charge in [0.15, 0.2) is 0 Å². The van der Waals surface area contributed by atoms with Gasteiger partial charge in [-0.15, -0.1) is 0 Å². The first-order valence-electron chi connectivity index (χ1n) is 8.48. The maximum atomic E-state index is 7.68. The van der Waals surface area contributed by atoms with Crippen LogP contribution in [0, 0.1) is 19.3 Å². The fraction of sp³-hybridized carbons (Fsp3) is 0.400. The predicted octanol–water partition coefficient (Wildman–Crippen LogP) is 5.31. The Balaban J connectivity index is 2.13. The summed E-state index contributed by atoms with van der Waals surface area (Å²) in [4.78, 5) is 5.00. The van der Waals surface area contributed by atoms with Gasteiger partial charge in [-0.1, -0.05) is 18.9 Å². The van der Waals surface area contributed by atoms with E-state index in [4.69, 9.17) is 10.4 Å². The molecule has 23 heavy (non-hydrogen) atoms. The zero-order chi connectivity index (χ0) is 16.4. The Morgan fingerprint density at radius 3 is 2.57 bits per heavy atom. The number of nitrogens with one attached hydrogen (secondary N) is 1. The minimum Gasteiger partial charge on any atom is -0.305 e. The minimum atomic E-state index is 0.615. The van der Waals surface area contributed by atoms with E-state index in [2.05, 4.69) is 31.2 Å². The summed E-state index contributed by atoms with van der Waals surface area (Å²) in [6.45, 7) is 6.20. The van der Waals surface area contributed by atoms with Crippen LogP contribution in [0.25, 0.3) is 17.3 Å². The number of hydrogen-bond acceptors (Lipinski definition) is 2. The molecule has 0 aromatic carbocycles. The number of nitrogens with zero attached hydrogens (tertiary/aromatic N) is 2. The van der Waals surface area contributed by atoms with Gasteiger partial charge < -0.3 is 4.57 Å². The predicted molar refractivity (Wildman–Crippen MR) is 97.2 cm³/mol. The molecule has 120 valence electrons. The van der Waals surface area contributed by atoms with E-state index in [1.807, 2.05) is 24.5 Å². The first kappa shape index (κ1) is 15.7. The SMILES string of the molecule is C/C=C/c1c(-c2cc(C)cc(C3CCCC3)n2)cc(C)n1C=N. The lowest BCUT2D eigenvalue weighted by Crippen LogP contribution is -2.01. The summed E-state index contributed by atoms with van der Waals surface area (Å²) in [5.74, 6) is 0.615. The third-order valence-corrected chi connectivity index (χ3v) is 4.76. The van der Waals surface area contributed by atoms with E-state index in [-0.39, 0.29) is 0 Å². The van der Waals surface area contributed by atoms with Crippen molar-refractivity contribution in [2.24, 2.45) is 0 Å². The van der Waals surface area contributed by atoms with Gasteiger partial charge in [0, 0.05) is 22.9 Å². The zero-order valence-electron chi connectivity index (χ0n) is 14.3. The molecular weight excluding hydrogens is 282 g/mol. The highest BCUT2D eigenvalue weighted by atomic mass is 15.0.